The van der Waals surface area contributed by atoms with Crippen molar-refractivity contribution in [1.82, 2.24) is 9.78 Å². The van der Waals surface area contributed by atoms with E-state index in [1.807, 2.05) is 6.19 Å². The Balaban J connectivity index is 2.36. The summed E-state index contributed by atoms with van der Waals surface area (Å²) in [5.74, 6) is 0. The molecular formula is C13H14N4O2. The van der Waals surface area contributed by atoms with Gasteiger partial charge in [0.25, 0.3) is 0 Å². The van der Waals surface area contributed by atoms with Crippen molar-refractivity contribution >= 4 is 22.7 Å². The molecule has 0 spiro atoms. The summed E-state index contributed by atoms with van der Waals surface area (Å²) in [7, 11) is 0. The molecular weight excluding hydrogens is 244 g/mol. The second-order valence-corrected chi connectivity index (χ2v) is 5.05. The molecule has 6 heteroatoms. The van der Waals surface area contributed by atoms with Crippen molar-refractivity contribution in [2.45, 2.75) is 26.4 Å². The van der Waals surface area contributed by atoms with Crippen LogP contribution in [-0.4, -0.2) is 21.5 Å². The van der Waals surface area contributed by atoms with Gasteiger partial charge in [-0.1, -0.05) is 0 Å². The van der Waals surface area contributed by atoms with Crippen molar-refractivity contribution in [2.75, 3.05) is 5.32 Å². The number of aromatic nitrogens is 2. The molecule has 0 fully saturated rings. The van der Waals surface area contributed by atoms with Gasteiger partial charge in [0.15, 0.2) is 6.19 Å². The first-order valence-electron chi connectivity index (χ1n) is 5.77. The minimum Gasteiger partial charge on any atom is -0.442 e. The number of benzene rings is 1. The fraction of sp³-hybridized carbons (Fsp3) is 0.308. The zero-order chi connectivity index (χ0) is 14.0. The van der Waals surface area contributed by atoms with Crippen LogP contribution in [0.1, 0.15) is 20.8 Å². The Morgan fingerprint density at radius 1 is 1.47 bits per heavy atom. The molecule has 0 amide bonds. The third-order valence-electron chi connectivity index (χ3n) is 2.33. The van der Waals surface area contributed by atoms with Crippen LogP contribution in [0, 0.1) is 11.5 Å². The second kappa shape index (κ2) is 4.61. The maximum atomic E-state index is 12.0. The number of hydrogen-bond donors (Lipinski definition) is 1. The lowest BCUT2D eigenvalue weighted by Crippen LogP contribution is -2.27. The molecule has 0 aliphatic rings. The van der Waals surface area contributed by atoms with E-state index >= 15 is 0 Å². The number of anilines is 1. The van der Waals surface area contributed by atoms with Crippen molar-refractivity contribution < 1.29 is 9.53 Å². The molecule has 1 heterocycles. The molecule has 0 bridgehead atoms. The third-order valence-corrected chi connectivity index (χ3v) is 2.33. The number of hydrogen-bond acceptors (Lipinski definition) is 5. The van der Waals surface area contributed by atoms with Gasteiger partial charge >= 0.3 is 6.09 Å². The molecule has 6 nitrogen and oxygen atoms in total. The van der Waals surface area contributed by atoms with Crippen LogP contribution < -0.4 is 5.32 Å². The largest absolute Gasteiger partial charge is 0.442 e. The van der Waals surface area contributed by atoms with Crippen LogP contribution in [-0.2, 0) is 4.74 Å². The molecule has 1 aromatic heterocycles. The van der Waals surface area contributed by atoms with Gasteiger partial charge in [-0.25, -0.2) is 4.79 Å². The van der Waals surface area contributed by atoms with E-state index in [1.165, 1.54) is 4.68 Å². The summed E-state index contributed by atoms with van der Waals surface area (Å²) in [5.41, 5.74) is 0.717. The van der Waals surface area contributed by atoms with Gasteiger partial charge in [0, 0.05) is 11.1 Å². The highest BCUT2D eigenvalue weighted by atomic mass is 16.6. The van der Waals surface area contributed by atoms with Crippen LogP contribution in [0.15, 0.2) is 24.4 Å². The summed E-state index contributed by atoms with van der Waals surface area (Å²) in [6, 6.07) is 5.16. The Hall–Kier alpha value is -2.55. The Kier molecular flexibility index (Phi) is 3.13. The minimum atomic E-state index is -0.572. The van der Waals surface area contributed by atoms with E-state index in [1.54, 1.807) is 45.2 Å². The molecule has 19 heavy (non-hydrogen) atoms. The Morgan fingerprint density at radius 2 is 2.21 bits per heavy atom. The first-order valence-corrected chi connectivity index (χ1v) is 5.77. The number of fused-ring (bicyclic) bond motifs is 1. The molecule has 1 aromatic carbocycles. The molecule has 0 unspecified atom stereocenters. The highest BCUT2D eigenvalue weighted by molar-refractivity contribution is 5.89. The number of ether oxygens (including phenoxy) is 1. The van der Waals surface area contributed by atoms with Crippen LogP contribution in [0.4, 0.5) is 10.5 Å². The summed E-state index contributed by atoms with van der Waals surface area (Å²) in [6.45, 7) is 5.39. The van der Waals surface area contributed by atoms with E-state index in [0.717, 1.165) is 5.39 Å². The van der Waals surface area contributed by atoms with E-state index in [-0.39, 0.29) is 0 Å². The molecule has 0 saturated heterocycles. The number of carbonyl (C=O) groups is 1. The van der Waals surface area contributed by atoms with E-state index < -0.39 is 11.7 Å². The van der Waals surface area contributed by atoms with Crippen molar-refractivity contribution in [2.24, 2.45) is 0 Å². The lowest BCUT2D eigenvalue weighted by Gasteiger charge is -2.19. The van der Waals surface area contributed by atoms with Gasteiger partial charge in [0.05, 0.1) is 11.7 Å². The first-order chi connectivity index (χ1) is 8.90. The molecule has 0 radical (unpaired) electrons. The van der Waals surface area contributed by atoms with Crippen molar-refractivity contribution in [3.8, 4) is 6.19 Å². The van der Waals surface area contributed by atoms with Crippen molar-refractivity contribution in [3.63, 3.8) is 0 Å². The lowest BCUT2D eigenvalue weighted by atomic mass is 10.2. The monoisotopic (exact) mass is 258 g/mol. The van der Waals surface area contributed by atoms with Gasteiger partial charge < -0.3 is 4.74 Å². The summed E-state index contributed by atoms with van der Waals surface area (Å²) >= 11 is 0. The topological polar surface area (TPSA) is 79.9 Å². The van der Waals surface area contributed by atoms with Gasteiger partial charge in [-0.3, -0.25) is 5.32 Å². The Labute approximate surface area is 110 Å². The van der Waals surface area contributed by atoms with Gasteiger partial charge in [-0.2, -0.15) is 15.0 Å². The van der Waals surface area contributed by atoms with E-state index in [9.17, 15) is 4.79 Å². The van der Waals surface area contributed by atoms with Gasteiger partial charge in [0.1, 0.15) is 5.60 Å². The van der Waals surface area contributed by atoms with Crippen LogP contribution in [0.2, 0.25) is 0 Å². The zero-order valence-corrected chi connectivity index (χ0v) is 11.0. The fourth-order valence-electron chi connectivity index (χ4n) is 1.63. The maximum absolute atomic E-state index is 12.0. The number of nitrogens with zero attached hydrogens (tertiary/aromatic N) is 3. The molecule has 2 aromatic rings. The smallest absolute Gasteiger partial charge is 0.435 e. The normalized spacial score (nSPS) is 11.1. The fourth-order valence-corrected chi connectivity index (χ4v) is 1.63. The van der Waals surface area contributed by atoms with Crippen molar-refractivity contribution in [1.29, 1.82) is 5.26 Å². The SMILES string of the molecule is CC(C)(C)OC(=O)n1ncc2cc(NC#N)ccc21. The average molecular weight is 258 g/mol. The summed E-state index contributed by atoms with van der Waals surface area (Å²) in [6.07, 6.45) is 2.87. The van der Waals surface area contributed by atoms with E-state index in [4.69, 9.17) is 10.00 Å². The second-order valence-electron chi connectivity index (χ2n) is 5.05. The minimum absolute atomic E-state index is 0.525. The molecule has 0 aliphatic heterocycles. The van der Waals surface area contributed by atoms with Gasteiger partial charge in [-0.05, 0) is 39.0 Å². The predicted molar refractivity (Wildman–Crippen MR) is 70.6 cm³/mol. The van der Waals surface area contributed by atoms with Crippen LogP contribution in [0.25, 0.3) is 10.9 Å². The molecule has 0 saturated carbocycles. The lowest BCUT2D eigenvalue weighted by molar-refractivity contribution is 0.0523. The summed E-state index contributed by atoms with van der Waals surface area (Å²) in [4.78, 5) is 12.0. The average Bonchev–Trinajstić information content (AvgIpc) is 2.70. The number of nitrogens with one attached hydrogen (secondary N) is 1. The van der Waals surface area contributed by atoms with E-state index in [2.05, 4.69) is 10.4 Å². The summed E-state index contributed by atoms with van der Waals surface area (Å²) in [5, 5.41) is 15.9. The predicted octanol–water partition coefficient (Wildman–Crippen LogP) is 2.71. The highest BCUT2D eigenvalue weighted by Crippen LogP contribution is 2.20. The molecule has 98 valence electrons. The van der Waals surface area contributed by atoms with Crippen LogP contribution >= 0.6 is 0 Å². The standard InChI is InChI=1S/C13H14N4O2/c1-13(2,3)19-12(18)17-11-5-4-10(15-8-14)6-9(11)7-16-17/h4-7,15H,1-3H3. The third kappa shape index (κ3) is 2.83. The van der Waals surface area contributed by atoms with Crippen molar-refractivity contribution in [3.05, 3.63) is 24.4 Å². The summed E-state index contributed by atoms with van der Waals surface area (Å²) < 4.78 is 6.47. The quantitative estimate of drug-likeness (QED) is 0.628. The zero-order valence-electron chi connectivity index (χ0n) is 11.0. The van der Waals surface area contributed by atoms with Gasteiger partial charge in [0.2, 0.25) is 0 Å². The molecule has 0 atom stereocenters. The van der Waals surface area contributed by atoms with Crippen LogP contribution in [0.5, 0.6) is 0 Å². The van der Waals surface area contributed by atoms with Gasteiger partial charge in [-0.15, -0.1) is 0 Å². The van der Waals surface area contributed by atoms with Crippen LogP contribution in [0.3, 0.4) is 0 Å². The number of rotatable bonds is 1. The number of nitriles is 1. The maximum Gasteiger partial charge on any atom is 0.435 e. The Morgan fingerprint density at radius 3 is 2.84 bits per heavy atom. The van der Waals surface area contributed by atoms with E-state index in [0.29, 0.717) is 11.2 Å². The Bertz CT molecular complexity index is 661. The molecule has 0 aliphatic carbocycles. The first kappa shape index (κ1) is 12.9. The highest BCUT2D eigenvalue weighted by Gasteiger charge is 2.19. The molecule has 2 rings (SSSR count). The molecule has 1 N–H and O–H groups in total. The number of carbonyl (C=O) groups excluding carboxylic acids is 1.